The summed E-state index contributed by atoms with van der Waals surface area (Å²) < 4.78 is 26.7. The predicted molar refractivity (Wildman–Crippen MR) is 448 cm³/mol. The monoisotopic (exact) mass is 1350 g/mol. The number of aryl methyl sites for hydroxylation is 8. The number of allylic oxidation sites excluding steroid dienone is 11. The van der Waals surface area contributed by atoms with Crippen LogP contribution in [0, 0.1) is 55.4 Å². The molecule has 0 spiro atoms. The second kappa shape index (κ2) is 38.6. The highest BCUT2D eigenvalue weighted by atomic mass is 19.1. The van der Waals surface area contributed by atoms with Crippen LogP contribution >= 0.6 is 0 Å². The molecule has 0 aliphatic heterocycles. The van der Waals surface area contributed by atoms with Crippen molar-refractivity contribution in [3.63, 3.8) is 0 Å². The summed E-state index contributed by atoms with van der Waals surface area (Å²) in [5, 5.41) is 5.25. The first kappa shape index (κ1) is 77.6. The Hall–Kier alpha value is -11.1. The molecular weight excluding hydrogens is 1250 g/mol. The van der Waals surface area contributed by atoms with Crippen molar-refractivity contribution >= 4 is 39.5 Å². The van der Waals surface area contributed by atoms with E-state index < -0.39 is 0 Å². The number of ether oxygens (including phenoxy) is 2. The van der Waals surface area contributed by atoms with Gasteiger partial charge in [0.05, 0.1) is 0 Å². The molecule has 0 heterocycles. The van der Waals surface area contributed by atoms with E-state index in [1.807, 2.05) is 118 Å². The van der Waals surface area contributed by atoms with Crippen LogP contribution < -0.4 is 9.47 Å². The SMILES string of the molecule is C.C/C(CCC1(c2ccccc2)Cc2cc(C)ccc2-c2ccc(C)cc21)=C(/F)c1ccccc1.C=C/C=C/COc1cc(C)c(OC/C=C/C=C)cc1C.C=C/C=C/Cc1cc(C)c(C/C=C/C=C)cc1C.Cc1ccc2c(c1)cc(-c1cccc(/C=C/c3ccccc3)c1)c1cc(C)ccc12. The highest BCUT2D eigenvalue weighted by Crippen LogP contribution is 2.51. The van der Waals surface area contributed by atoms with Crippen LogP contribution in [0.1, 0.15) is 116 Å². The van der Waals surface area contributed by atoms with E-state index in [2.05, 4.69) is 262 Å². The summed E-state index contributed by atoms with van der Waals surface area (Å²) >= 11 is 0. The lowest BCUT2D eigenvalue weighted by Crippen LogP contribution is -2.34. The van der Waals surface area contributed by atoms with Gasteiger partial charge >= 0.3 is 0 Å². The molecule has 11 aromatic carbocycles. The molecule has 11 aromatic rings. The lowest BCUT2D eigenvalue weighted by molar-refractivity contribution is 0.348. The van der Waals surface area contributed by atoms with Gasteiger partial charge in [-0.05, 0) is 241 Å². The number of halogens is 1. The minimum atomic E-state index is -0.207. The molecular formula is C100H103FO2. The van der Waals surface area contributed by atoms with E-state index in [-0.39, 0.29) is 18.7 Å². The van der Waals surface area contributed by atoms with Gasteiger partial charge in [-0.15, -0.1) is 0 Å². The molecule has 0 N–H and O–H groups in total. The van der Waals surface area contributed by atoms with Crippen LogP contribution in [0.15, 0.2) is 323 Å². The van der Waals surface area contributed by atoms with Gasteiger partial charge in [0.25, 0.3) is 0 Å². The second-order valence-electron chi connectivity index (χ2n) is 26.6. The normalized spacial score (nSPS) is 13.2. The highest BCUT2D eigenvalue weighted by molar-refractivity contribution is 6.14. The van der Waals surface area contributed by atoms with Crippen molar-refractivity contribution in [1.82, 2.24) is 0 Å². The minimum Gasteiger partial charge on any atom is -0.489 e. The third-order valence-electron chi connectivity index (χ3n) is 18.8. The molecule has 1 atom stereocenters. The lowest BCUT2D eigenvalue weighted by Gasteiger charge is -2.41. The van der Waals surface area contributed by atoms with Crippen LogP contribution in [-0.4, -0.2) is 13.2 Å². The number of rotatable bonds is 22. The summed E-state index contributed by atoms with van der Waals surface area (Å²) in [5.74, 6) is 1.66. The number of fused-ring (bicyclic) bond motifs is 6. The van der Waals surface area contributed by atoms with Gasteiger partial charge in [-0.2, -0.15) is 0 Å². The Labute approximate surface area is 616 Å². The van der Waals surface area contributed by atoms with Crippen molar-refractivity contribution in [2.75, 3.05) is 13.2 Å². The van der Waals surface area contributed by atoms with Crippen molar-refractivity contribution in [2.45, 2.75) is 107 Å². The van der Waals surface area contributed by atoms with Gasteiger partial charge in [-0.1, -0.05) is 323 Å². The van der Waals surface area contributed by atoms with Crippen molar-refractivity contribution in [3.05, 3.63) is 412 Å². The zero-order chi connectivity index (χ0) is 72.4. The average Bonchev–Trinajstić information content (AvgIpc) is 0.730. The Morgan fingerprint density at radius 3 is 1.52 bits per heavy atom. The molecule has 522 valence electrons. The van der Waals surface area contributed by atoms with E-state index in [4.69, 9.17) is 9.47 Å². The second-order valence-corrected chi connectivity index (χ2v) is 26.6. The number of hydrogen-bond donors (Lipinski definition) is 0. The summed E-state index contributed by atoms with van der Waals surface area (Å²) in [6.45, 7) is 34.7. The van der Waals surface area contributed by atoms with E-state index in [0.717, 1.165) is 53.9 Å². The van der Waals surface area contributed by atoms with Crippen molar-refractivity contribution in [2.24, 2.45) is 0 Å². The summed E-state index contributed by atoms with van der Waals surface area (Å²) in [5.41, 5.74) is 25.7. The van der Waals surface area contributed by atoms with E-state index >= 15 is 4.39 Å². The fourth-order valence-corrected chi connectivity index (χ4v) is 13.4. The molecule has 12 rings (SSSR count). The Morgan fingerprint density at radius 2 is 0.932 bits per heavy atom. The highest BCUT2D eigenvalue weighted by Gasteiger charge is 2.40. The maximum Gasteiger partial charge on any atom is 0.129 e. The standard InChI is InChI=1S/C33H31F.C30H24.C18H22O2.C18H22.CH4/c1-23-14-16-29-27(20-23)22-33(28-12-8-5-9-13-28,31-21-24(2)15-17-30(29)31)19-18-25(3)32(34)26-10-6-4-7-11-26;1-21-11-15-27-26(17-21)20-29(30-18-22(2)12-16-28(27)30)25-10-6-9-24(19-25)14-13-23-7-4-3-5-8-23;1-5-7-9-11-19-17-13-16(4)18(14-15(17)3)20-12-10-8-6-2;1-5-7-9-11-17-13-16(4)18(14-15(17)3)12-10-8-6-2;/h4-17,20-21H,18-19,22H2,1-3H3;3-20H,1-2H3;5-10,13-14H,1-2,11-12H2,3-4H3;5-10,13-14H,1-2,11-12H2,3-4H3;1H4/b32-25-;14-13+;2*9-7+,10-8+;. The van der Waals surface area contributed by atoms with Crippen LogP contribution in [0.25, 0.3) is 61.8 Å². The van der Waals surface area contributed by atoms with Gasteiger partial charge in [0.15, 0.2) is 0 Å². The maximum absolute atomic E-state index is 15.3. The van der Waals surface area contributed by atoms with Crippen LogP contribution in [0.5, 0.6) is 11.5 Å². The van der Waals surface area contributed by atoms with Gasteiger partial charge in [0.2, 0.25) is 0 Å². The molecule has 1 unspecified atom stereocenters. The van der Waals surface area contributed by atoms with E-state index in [1.54, 1.807) is 12.2 Å². The zero-order valence-electron chi connectivity index (χ0n) is 61.3. The van der Waals surface area contributed by atoms with E-state index in [1.165, 1.54) is 116 Å². The van der Waals surface area contributed by atoms with Gasteiger partial charge in [0.1, 0.15) is 30.5 Å². The summed E-state index contributed by atoms with van der Waals surface area (Å²) in [7, 11) is 0. The third kappa shape index (κ3) is 21.0. The molecule has 0 fully saturated rings. The van der Waals surface area contributed by atoms with Crippen molar-refractivity contribution in [3.8, 4) is 33.8 Å². The predicted octanol–water partition coefficient (Wildman–Crippen LogP) is 27.5. The Balaban J connectivity index is 0.000000180. The van der Waals surface area contributed by atoms with E-state index in [9.17, 15) is 0 Å². The molecule has 2 nitrogen and oxygen atoms in total. The zero-order valence-corrected chi connectivity index (χ0v) is 61.3. The third-order valence-corrected chi connectivity index (χ3v) is 18.8. The molecule has 1 aliphatic carbocycles. The first-order valence-corrected chi connectivity index (χ1v) is 35.5. The summed E-state index contributed by atoms with van der Waals surface area (Å²) in [6, 6.07) is 77.7. The molecule has 0 saturated heterocycles. The van der Waals surface area contributed by atoms with Crippen molar-refractivity contribution in [1.29, 1.82) is 0 Å². The lowest BCUT2D eigenvalue weighted by atomic mass is 9.61. The van der Waals surface area contributed by atoms with Crippen LogP contribution in [-0.2, 0) is 24.7 Å². The molecule has 0 bridgehead atoms. The Kier molecular flexibility index (Phi) is 29.1. The quantitative estimate of drug-likeness (QED) is 0.0382. The Morgan fingerprint density at radius 1 is 0.437 bits per heavy atom. The van der Waals surface area contributed by atoms with Crippen molar-refractivity contribution < 1.29 is 13.9 Å². The first-order valence-electron chi connectivity index (χ1n) is 35.5. The van der Waals surface area contributed by atoms with Gasteiger partial charge < -0.3 is 9.47 Å². The summed E-state index contributed by atoms with van der Waals surface area (Å²) in [4.78, 5) is 0. The maximum atomic E-state index is 15.3. The molecule has 3 heteroatoms. The largest absolute Gasteiger partial charge is 0.489 e. The molecule has 0 amide bonds. The van der Waals surface area contributed by atoms with Crippen LogP contribution in [0.3, 0.4) is 0 Å². The fraction of sp³-hybridized carbons (Fsp3) is 0.180. The van der Waals surface area contributed by atoms with Gasteiger partial charge in [0, 0.05) is 11.0 Å². The van der Waals surface area contributed by atoms with E-state index in [0.29, 0.717) is 25.2 Å². The number of benzene rings is 11. The molecule has 0 aromatic heterocycles. The average molecular weight is 1360 g/mol. The molecule has 103 heavy (non-hydrogen) atoms. The Bertz CT molecular complexity index is 4800. The molecule has 1 aliphatic rings. The first-order chi connectivity index (χ1) is 49.5. The smallest absolute Gasteiger partial charge is 0.129 e. The van der Waals surface area contributed by atoms with Crippen LogP contribution in [0.2, 0.25) is 0 Å². The number of hydrogen-bond acceptors (Lipinski definition) is 2. The van der Waals surface area contributed by atoms with Gasteiger partial charge in [-0.3, -0.25) is 0 Å². The van der Waals surface area contributed by atoms with Gasteiger partial charge in [-0.25, -0.2) is 4.39 Å². The molecule has 0 radical (unpaired) electrons. The minimum absolute atomic E-state index is 0. The topological polar surface area (TPSA) is 18.5 Å². The molecule has 0 saturated carbocycles. The van der Waals surface area contributed by atoms with Crippen LogP contribution in [0.4, 0.5) is 4.39 Å². The fourth-order valence-electron chi connectivity index (χ4n) is 13.4. The summed E-state index contributed by atoms with van der Waals surface area (Å²) in [6.07, 6.45) is 31.7.